The first-order chi connectivity index (χ1) is 9.20. The minimum Gasteiger partial charge on any atom is -0.337 e. The normalized spacial score (nSPS) is 16.6. The van der Waals surface area contributed by atoms with Gasteiger partial charge in [-0.05, 0) is 37.9 Å². The molecule has 1 aromatic rings. The highest BCUT2D eigenvalue weighted by molar-refractivity contribution is 5.92. The molecule has 0 saturated carbocycles. The summed E-state index contributed by atoms with van der Waals surface area (Å²) in [5, 5.41) is 9.42. The number of hydrogen-bond donors (Lipinski definition) is 2. The van der Waals surface area contributed by atoms with Crippen LogP contribution >= 0.6 is 0 Å². The fourth-order valence-corrected chi connectivity index (χ4v) is 2.31. The van der Waals surface area contributed by atoms with Gasteiger partial charge in [-0.1, -0.05) is 6.92 Å². The van der Waals surface area contributed by atoms with Crippen molar-refractivity contribution in [2.75, 3.05) is 26.2 Å². The number of aromatic amines is 1. The van der Waals surface area contributed by atoms with E-state index in [1.54, 1.807) is 0 Å². The van der Waals surface area contributed by atoms with E-state index in [1.807, 2.05) is 4.90 Å². The topological polar surface area (TPSA) is 78.1 Å². The van der Waals surface area contributed by atoms with Gasteiger partial charge in [-0.3, -0.25) is 9.59 Å². The van der Waals surface area contributed by atoms with E-state index in [0.717, 1.165) is 39.0 Å². The van der Waals surface area contributed by atoms with E-state index in [4.69, 9.17) is 0 Å². The SMILES string of the molecule is CCNCC1CCN(C(=O)c2ccc(=O)[nH]n2)CC1. The van der Waals surface area contributed by atoms with Crippen LogP contribution in [0.1, 0.15) is 30.3 Å². The van der Waals surface area contributed by atoms with E-state index < -0.39 is 0 Å². The monoisotopic (exact) mass is 264 g/mol. The van der Waals surface area contributed by atoms with Gasteiger partial charge < -0.3 is 10.2 Å². The maximum absolute atomic E-state index is 12.2. The molecule has 0 spiro atoms. The predicted molar refractivity (Wildman–Crippen MR) is 72.0 cm³/mol. The largest absolute Gasteiger partial charge is 0.337 e. The Kier molecular flexibility index (Phi) is 4.68. The smallest absolute Gasteiger partial charge is 0.274 e. The summed E-state index contributed by atoms with van der Waals surface area (Å²) in [7, 11) is 0. The molecule has 1 amide bonds. The second-order valence-electron chi connectivity index (χ2n) is 4.85. The number of rotatable bonds is 4. The van der Waals surface area contributed by atoms with Gasteiger partial charge in [0.25, 0.3) is 11.5 Å². The molecule has 2 N–H and O–H groups in total. The Balaban J connectivity index is 1.88. The van der Waals surface area contributed by atoms with E-state index >= 15 is 0 Å². The molecule has 6 heteroatoms. The molecule has 1 aliphatic heterocycles. The number of nitrogens with one attached hydrogen (secondary N) is 2. The van der Waals surface area contributed by atoms with Gasteiger partial charge in [-0.15, -0.1) is 0 Å². The van der Waals surface area contributed by atoms with Gasteiger partial charge in [0.1, 0.15) is 5.69 Å². The lowest BCUT2D eigenvalue weighted by atomic mass is 9.96. The van der Waals surface area contributed by atoms with Crippen LogP contribution in [0, 0.1) is 5.92 Å². The molecule has 0 unspecified atom stereocenters. The van der Waals surface area contributed by atoms with Crippen LogP contribution in [-0.4, -0.2) is 47.2 Å². The summed E-state index contributed by atoms with van der Waals surface area (Å²) < 4.78 is 0. The Morgan fingerprint density at radius 3 is 2.79 bits per heavy atom. The summed E-state index contributed by atoms with van der Waals surface area (Å²) in [6, 6.07) is 2.81. The zero-order valence-electron chi connectivity index (χ0n) is 11.2. The quantitative estimate of drug-likeness (QED) is 0.816. The first-order valence-electron chi connectivity index (χ1n) is 6.76. The molecule has 1 fully saturated rings. The van der Waals surface area contributed by atoms with Crippen LogP contribution in [0.2, 0.25) is 0 Å². The van der Waals surface area contributed by atoms with Crippen LogP contribution in [0.4, 0.5) is 0 Å². The Morgan fingerprint density at radius 1 is 1.47 bits per heavy atom. The number of hydrogen-bond acceptors (Lipinski definition) is 4. The van der Waals surface area contributed by atoms with Crippen LogP contribution in [0.5, 0.6) is 0 Å². The first kappa shape index (κ1) is 13.7. The molecule has 1 saturated heterocycles. The van der Waals surface area contributed by atoms with Gasteiger partial charge in [-0.2, -0.15) is 5.10 Å². The average molecular weight is 264 g/mol. The molecular formula is C13H20N4O2. The number of nitrogens with zero attached hydrogens (tertiary/aromatic N) is 2. The molecule has 2 rings (SSSR count). The highest BCUT2D eigenvalue weighted by atomic mass is 16.2. The summed E-state index contributed by atoms with van der Waals surface area (Å²) in [5.41, 5.74) is 0.0191. The van der Waals surface area contributed by atoms with Crippen molar-refractivity contribution in [1.82, 2.24) is 20.4 Å². The van der Waals surface area contributed by atoms with Gasteiger partial charge in [0.2, 0.25) is 0 Å². The Labute approximate surface area is 112 Å². The molecule has 2 heterocycles. The number of piperidine rings is 1. The van der Waals surface area contributed by atoms with Crippen LogP contribution in [-0.2, 0) is 0 Å². The molecule has 1 aliphatic rings. The van der Waals surface area contributed by atoms with E-state index in [0.29, 0.717) is 11.6 Å². The van der Waals surface area contributed by atoms with Crippen LogP contribution < -0.4 is 10.9 Å². The fourth-order valence-electron chi connectivity index (χ4n) is 2.31. The molecule has 19 heavy (non-hydrogen) atoms. The van der Waals surface area contributed by atoms with Crippen molar-refractivity contribution < 1.29 is 4.79 Å². The number of carbonyl (C=O) groups excluding carboxylic acids is 1. The Morgan fingerprint density at radius 2 is 2.21 bits per heavy atom. The zero-order chi connectivity index (χ0) is 13.7. The second kappa shape index (κ2) is 6.47. The Hall–Kier alpha value is -1.69. The van der Waals surface area contributed by atoms with Gasteiger partial charge in [-0.25, -0.2) is 5.10 Å². The molecule has 0 aromatic carbocycles. The van der Waals surface area contributed by atoms with Crippen molar-refractivity contribution in [3.63, 3.8) is 0 Å². The third kappa shape index (κ3) is 3.64. The predicted octanol–water partition coefficient (Wildman–Crippen LogP) is 0.232. The minimum absolute atomic E-state index is 0.0989. The summed E-state index contributed by atoms with van der Waals surface area (Å²) in [6.07, 6.45) is 2.03. The van der Waals surface area contributed by atoms with Crippen molar-refractivity contribution >= 4 is 5.91 Å². The molecule has 0 radical (unpaired) electrons. The summed E-state index contributed by atoms with van der Waals surface area (Å²) in [5.74, 6) is 0.547. The summed E-state index contributed by atoms with van der Waals surface area (Å²) >= 11 is 0. The summed E-state index contributed by atoms with van der Waals surface area (Å²) in [4.78, 5) is 24.9. The van der Waals surface area contributed by atoms with Gasteiger partial charge in [0.05, 0.1) is 0 Å². The highest BCUT2D eigenvalue weighted by Gasteiger charge is 2.24. The van der Waals surface area contributed by atoms with Crippen molar-refractivity contribution in [3.8, 4) is 0 Å². The van der Waals surface area contributed by atoms with Crippen LogP contribution in [0.15, 0.2) is 16.9 Å². The molecular weight excluding hydrogens is 244 g/mol. The number of aromatic nitrogens is 2. The van der Waals surface area contributed by atoms with Crippen molar-refractivity contribution in [2.24, 2.45) is 5.92 Å². The van der Waals surface area contributed by atoms with Crippen molar-refractivity contribution in [1.29, 1.82) is 0 Å². The lowest BCUT2D eigenvalue weighted by Crippen LogP contribution is -2.41. The second-order valence-corrected chi connectivity index (χ2v) is 4.85. The number of likely N-dealkylation sites (tertiary alicyclic amines) is 1. The lowest BCUT2D eigenvalue weighted by molar-refractivity contribution is 0.0683. The molecule has 104 valence electrons. The third-order valence-corrected chi connectivity index (χ3v) is 3.48. The van der Waals surface area contributed by atoms with Crippen LogP contribution in [0.25, 0.3) is 0 Å². The third-order valence-electron chi connectivity index (χ3n) is 3.48. The summed E-state index contributed by atoms with van der Waals surface area (Å²) in [6.45, 7) is 5.63. The molecule has 1 aromatic heterocycles. The zero-order valence-corrected chi connectivity index (χ0v) is 11.2. The number of H-pyrrole nitrogens is 1. The molecule has 0 aliphatic carbocycles. The number of carbonyl (C=O) groups is 1. The van der Waals surface area contributed by atoms with Gasteiger partial charge in [0, 0.05) is 19.2 Å². The number of amides is 1. The maximum Gasteiger partial charge on any atom is 0.274 e. The first-order valence-corrected chi connectivity index (χ1v) is 6.76. The molecule has 0 atom stereocenters. The van der Waals surface area contributed by atoms with E-state index in [1.165, 1.54) is 12.1 Å². The lowest BCUT2D eigenvalue weighted by Gasteiger charge is -2.31. The van der Waals surface area contributed by atoms with Crippen molar-refractivity contribution in [3.05, 3.63) is 28.2 Å². The average Bonchev–Trinajstić information content (AvgIpc) is 2.46. The highest BCUT2D eigenvalue weighted by Crippen LogP contribution is 2.17. The fraction of sp³-hybridized carbons (Fsp3) is 0.615. The minimum atomic E-state index is -0.291. The van der Waals surface area contributed by atoms with E-state index in [9.17, 15) is 9.59 Å². The van der Waals surface area contributed by atoms with E-state index in [2.05, 4.69) is 22.4 Å². The van der Waals surface area contributed by atoms with Gasteiger partial charge >= 0.3 is 0 Å². The Bertz CT molecular complexity index is 457. The molecule has 0 bridgehead atoms. The van der Waals surface area contributed by atoms with Crippen molar-refractivity contribution in [2.45, 2.75) is 19.8 Å². The van der Waals surface area contributed by atoms with E-state index in [-0.39, 0.29) is 11.5 Å². The van der Waals surface area contributed by atoms with Gasteiger partial charge in [0.15, 0.2) is 0 Å². The standard InChI is InChI=1S/C13H20N4O2/c1-2-14-9-10-5-7-17(8-6-10)13(19)11-3-4-12(18)16-15-11/h3-4,10,14H,2,5-9H2,1H3,(H,16,18). The van der Waals surface area contributed by atoms with Crippen LogP contribution in [0.3, 0.4) is 0 Å². The molecule has 6 nitrogen and oxygen atoms in total. The maximum atomic E-state index is 12.2.